The third kappa shape index (κ3) is 1.91. The zero-order valence-corrected chi connectivity index (χ0v) is 13.1. The molecule has 0 aliphatic carbocycles. The first kappa shape index (κ1) is 13.2. The fourth-order valence-corrected chi connectivity index (χ4v) is 3.20. The van der Waals surface area contributed by atoms with E-state index in [4.69, 9.17) is 10.1 Å². The smallest absolute Gasteiger partial charge is 0.160 e. The van der Waals surface area contributed by atoms with Gasteiger partial charge in [-0.1, -0.05) is 12.1 Å². The molecule has 1 N–H and O–H groups in total. The predicted octanol–water partition coefficient (Wildman–Crippen LogP) is 2.11. The van der Waals surface area contributed by atoms with E-state index in [1.54, 1.807) is 6.20 Å². The molecule has 7 nitrogen and oxygen atoms in total. The Balaban J connectivity index is 1.69. The maximum absolute atomic E-state index is 4.79. The summed E-state index contributed by atoms with van der Waals surface area (Å²) in [5.74, 6) is 1.68. The summed E-state index contributed by atoms with van der Waals surface area (Å²) in [6, 6.07) is 10.2. The summed E-state index contributed by atoms with van der Waals surface area (Å²) in [5.41, 5.74) is 5.32. The maximum atomic E-state index is 4.79. The Morgan fingerprint density at radius 2 is 2.12 bits per heavy atom. The molecule has 4 aromatic rings. The second-order valence-corrected chi connectivity index (χ2v) is 5.93. The standard InChI is InChI=1S/C17H15N7/c1-11-15-9-24-17(20-16(22-24)8-12-6-7-19-21-12)13-4-2-3-5-14(13)23(15)10-18-11/h2-7,10H,8-9H2,1H3,(H,19,21). The first-order valence-corrected chi connectivity index (χ1v) is 7.84. The summed E-state index contributed by atoms with van der Waals surface area (Å²) in [7, 11) is 0. The Morgan fingerprint density at radius 3 is 3.00 bits per heavy atom. The van der Waals surface area contributed by atoms with Gasteiger partial charge in [-0.15, -0.1) is 0 Å². The summed E-state index contributed by atoms with van der Waals surface area (Å²) in [4.78, 5) is 9.26. The molecular formula is C17H15N7. The van der Waals surface area contributed by atoms with Gasteiger partial charge in [0.25, 0.3) is 0 Å². The Bertz CT molecular complexity index is 1020. The van der Waals surface area contributed by atoms with Gasteiger partial charge in [-0.2, -0.15) is 10.2 Å². The van der Waals surface area contributed by atoms with Crippen LogP contribution >= 0.6 is 0 Å². The van der Waals surface area contributed by atoms with Crippen molar-refractivity contribution in [2.24, 2.45) is 0 Å². The molecule has 1 aliphatic rings. The van der Waals surface area contributed by atoms with Crippen molar-refractivity contribution in [1.29, 1.82) is 0 Å². The van der Waals surface area contributed by atoms with E-state index < -0.39 is 0 Å². The lowest BCUT2D eigenvalue weighted by Gasteiger charge is -2.07. The summed E-state index contributed by atoms with van der Waals surface area (Å²) < 4.78 is 4.10. The minimum absolute atomic E-state index is 0.639. The minimum Gasteiger partial charge on any atom is -0.300 e. The molecule has 118 valence electrons. The molecule has 0 bridgehead atoms. The highest BCUT2D eigenvalue weighted by Gasteiger charge is 2.23. The molecule has 0 unspecified atom stereocenters. The Morgan fingerprint density at radius 1 is 1.21 bits per heavy atom. The van der Waals surface area contributed by atoms with Crippen LogP contribution in [0.5, 0.6) is 0 Å². The van der Waals surface area contributed by atoms with Crippen LogP contribution in [0.4, 0.5) is 0 Å². The third-order valence-electron chi connectivity index (χ3n) is 4.40. The van der Waals surface area contributed by atoms with Crippen molar-refractivity contribution in [2.75, 3.05) is 0 Å². The van der Waals surface area contributed by atoms with Crippen molar-refractivity contribution in [3.8, 4) is 17.1 Å². The number of nitrogens with one attached hydrogen (secondary N) is 1. The normalized spacial score (nSPS) is 12.4. The van der Waals surface area contributed by atoms with Crippen molar-refractivity contribution >= 4 is 0 Å². The molecule has 24 heavy (non-hydrogen) atoms. The van der Waals surface area contributed by atoms with Gasteiger partial charge in [-0.25, -0.2) is 14.6 Å². The first-order valence-electron chi connectivity index (χ1n) is 7.84. The van der Waals surface area contributed by atoms with Gasteiger partial charge in [0.15, 0.2) is 11.6 Å². The maximum Gasteiger partial charge on any atom is 0.160 e. The number of hydrogen-bond donors (Lipinski definition) is 1. The van der Waals surface area contributed by atoms with E-state index in [1.807, 2.05) is 36.1 Å². The molecular weight excluding hydrogens is 302 g/mol. The number of aromatic nitrogens is 7. The summed E-state index contributed by atoms with van der Waals surface area (Å²) in [6.07, 6.45) is 4.26. The number of fused-ring (bicyclic) bond motifs is 5. The van der Waals surface area contributed by atoms with E-state index in [2.05, 4.69) is 31.9 Å². The molecule has 0 atom stereocenters. The van der Waals surface area contributed by atoms with Crippen molar-refractivity contribution in [1.82, 2.24) is 34.5 Å². The van der Waals surface area contributed by atoms with E-state index >= 15 is 0 Å². The number of para-hydroxylation sites is 1. The van der Waals surface area contributed by atoms with E-state index in [9.17, 15) is 0 Å². The number of rotatable bonds is 2. The zero-order chi connectivity index (χ0) is 16.1. The molecule has 5 rings (SSSR count). The van der Waals surface area contributed by atoms with Crippen LogP contribution in [0.15, 0.2) is 42.9 Å². The van der Waals surface area contributed by atoms with Crippen LogP contribution in [-0.4, -0.2) is 34.5 Å². The SMILES string of the molecule is Cc1ncn2c1Cn1nc(Cc3ccn[nH]3)nc1-c1ccccc1-2. The van der Waals surface area contributed by atoms with Crippen LogP contribution in [0.2, 0.25) is 0 Å². The number of aryl methyl sites for hydroxylation is 1. The lowest BCUT2D eigenvalue weighted by Crippen LogP contribution is -2.06. The molecule has 1 aromatic carbocycles. The summed E-state index contributed by atoms with van der Waals surface area (Å²) in [6.45, 7) is 2.69. The van der Waals surface area contributed by atoms with Crippen LogP contribution in [0.1, 0.15) is 22.9 Å². The Kier molecular flexibility index (Phi) is 2.70. The number of benzene rings is 1. The minimum atomic E-state index is 0.639. The topological polar surface area (TPSA) is 77.2 Å². The fourth-order valence-electron chi connectivity index (χ4n) is 3.20. The van der Waals surface area contributed by atoms with Gasteiger partial charge in [0, 0.05) is 17.5 Å². The van der Waals surface area contributed by atoms with Gasteiger partial charge < -0.3 is 4.57 Å². The van der Waals surface area contributed by atoms with Gasteiger partial charge >= 0.3 is 0 Å². The number of hydrogen-bond acceptors (Lipinski definition) is 4. The number of nitrogens with zero attached hydrogens (tertiary/aromatic N) is 6. The molecule has 0 saturated heterocycles. The van der Waals surface area contributed by atoms with Gasteiger partial charge in [0.1, 0.15) is 0 Å². The molecule has 0 spiro atoms. The highest BCUT2D eigenvalue weighted by molar-refractivity contribution is 5.69. The molecule has 0 saturated carbocycles. The second kappa shape index (κ2) is 4.89. The molecule has 1 aliphatic heterocycles. The van der Waals surface area contributed by atoms with E-state index in [0.717, 1.165) is 40.0 Å². The van der Waals surface area contributed by atoms with Crippen LogP contribution in [0.25, 0.3) is 17.1 Å². The molecule has 3 aromatic heterocycles. The van der Waals surface area contributed by atoms with Crippen LogP contribution in [-0.2, 0) is 13.0 Å². The highest BCUT2D eigenvalue weighted by atomic mass is 15.4. The Hall–Kier alpha value is -3.22. The van der Waals surface area contributed by atoms with Crippen molar-refractivity contribution in [2.45, 2.75) is 19.9 Å². The quantitative estimate of drug-likeness (QED) is 0.541. The van der Waals surface area contributed by atoms with Crippen molar-refractivity contribution in [3.63, 3.8) is 0 Å². The summed E-state index contributed by atoms with van der Waals surface area (Å²) in [5, 5.41) is 11.7. The van der Waals surface area contributed by atoms with Crippen LogP contribution in [0.3, 0.4) is 0 Å². The number of imidazole rings is 1. The van der Waals surface area contributed by atoms with E-state index in [0.29, 0.717) is 13.0 Å². The molecule has 7 heteroatoms. The largest absolute Gasteiger partial charge is 0.300 e. The van der Waals surface area contributed by atoms with Crippen LogP contribution < -0.4 is 0 Å². The lowest BCUT2D eigenvalue weighted by atomic mass is 10.1. The average Bonchev–Trinajstić information content (AvgIpc) is 3.30. The Labute approximate surface area is 138 Å². The van der Waals surface area contributed by atoms with Gasteiger partial charge in [0.05, 0.1) is 36.4 Å². The molecule has 0 amide bonds. The van der Waals surface area contributed by atoms with Crippen molar-refractivity contribution in [3.05, 3.63) is 65.8 Å². The third-order valence-corrected chi connectivity index (χ3v) is 4.40. The zero-order valence-electron chi connectivity index (χ0n) is 13.1. The van der Waals surface area contributed by atoms with E-state index in [1.165, 1.54) is 0 Å². The molecule has 4 heterocycles. The lowest BCUT2D eigenvalue weighted by molar-refractivity contribution is 0.663. The number of aromatic amines is 1. The molecule has 0 radical (unpaired) electrons. The average molecular weight is 317 g/mol. The number of H-pyrrole nitrogens is 1. The van der Waals surface area contributed by atoms with E-state index in [-0.39, 0.29) is 0 Å². The first-order chi connectivity index (χ1) is 11.8. The second-order valence-electron chi connectivity index (χ2n) is 5.93. The fraction of sp³-hybridized carbons (Fsp3) is 0.176. The highest BCUT2D eigenvalue weighted by Crippen LogP contribution is 2.31. The van der Waals surface area contributed by atoms with Crippen LogP contribution in [0, 0.1) is 6.92 Å². The van der Waals surface area contributed by atoms with Gasteiger partial charge in [0.2, 0.25) is 0 Å². The predicted molar refractivity (Wildman–Crippen MR) is 87.8 cm³/mol. The van der Waals surface area contributed by atoms with Gasteiger partial charge in [-0.05, 0) is 25.1 Å². The summed E-state index contributed by atoms with van der Waals surface area (Å²) >= 11 is 0. The van der Waals surface area contributed by atoms with Crippen molar-refractivity contribution < 1.29 is 0 Å². The monoisotopic (exact) mass is 317 g/mol. The van der Waals surface area contributed by atoms with Gasteiger partial charge in [-0.3, -0.25) is 5.10 Å². The molecule has 0 fully saturated rings.